The molecule has 0 aliphatic heterocycles. The van der Waals surface area contributed by atoms with Crippen molar-refractivity contribution >= 4 is 21.8 Å². The van der Waals surface area contributed by atoms with Crippen LogP contribution in [0, 0.1) is 12.3 Å². The van der Waals surface area contributed by atoms with Gasteiger partial charge in [-0.25, -0.2) is 4.98 Å². The van der Waals surface area contributed by atoms with Crippen molar-refractivity contribution in [1.29, 1.82) is 0 Å². The van der Waals surface area contributed by atoms with Crippen molar-refractivity contribution < 1.29 is 4.79 Å². The average molecular weight is 267 g/mol. The number of halogens is 1. The van der Waals surface area contributed by atoms with Crippen molar-refractivity contribution in [2.45, 2.75) is 19.4 Å². The molecule has 1 unspecified atom stereocenters. The van der Waals surface area contributed by atoms with Gasteiger partial charge >= 0.3 is 0 Å². The van der Waals surface area contributed by atoms with Gasteiger partial charge in [0.15, 0.2) is 0 Å². The Morgan fingerprint density at radius 1 is 1.73 bits per heavy atom. The number of carbonyl (C=O) groups excluding carboxylic acids is 1. The van der Waals surface area contributed by atoms with Crippen LogP contribution in [-0.4, -0.2) is 16.9 Å². The third kappa shape index (κ3) is 3.72. The zero-order chi connectivity index (χ0) is 11.3. The SMILES string of the molecule is C#CCC(C)NC(=O)c1ccc(Br)cn1. The Kier molecular flexibility index (Phi) is 4.32. The molecule has 4 heteroatoms. The topological polar surface area (TPSA) is 42.0 Å². The minimum atomic E-state index is -0.203. The lowest BCUT2D eigenvalue weighted by molar-refractivity contribution is 0.0936. The molecule has 0 saturated carbocycles. The number of amides is 1. The van der Waals surface area contributed by atoms with Crippen LogP contribution in [0.15, 0.2) is 22.8 Å². The number of nitrogens with one attached hydrogen (secondary N) is 1. The van der Waals surface area contributed by atoms with Crippen LogP contribution in [0.5, 0.6) is 0 Å². The monoisotopic (exact) mass is 266 g/mol. The second-order valence-corrected chi connectivity index (χ2v) is 4.06. The zero-order valence-corrected chi connectivity index (χ0v) is 9.91. The zero-order valence-electron chi connectivity index (χ0n) is 8.33. The summed E-state index contributed by atoms with van der Waals surface area (Å²) in [6.07, 6.45) is 7.24. The number of hydrogen-bond acceptors (Lipinski definition) is 2. The van der Waals surface area contributed by atoms with E-state index < -0.39 is 0 Å². The number of rotatable bonds is 3. The molecule has 0 saturated heterocycles. The van der Waals surface area contributed by atoms with Crippen LogP contribution in [-0.2, 0) is 0 Å². The lowest BCUT2D eigenvalue weighted by atomic mass is 10.2. The second-order valence-electron chi connectivity index (χ2n) is 3.14. The van der Waals surface area contributed by atoms with E-state index in [9.17, 15) is 4.79 Å². The van der Waals surface area contributed by atoms with Crippen LogP contribution in [0.25, 0.3) is 0 Å². The van der Waals surface area contributed by atoms with E-state index in [1.807, 2.05) is 6.92 Å². The molecule has 0 aliphatic carbocycles. The predicted molar refractivity (Wildman–Crippen MR) is 62.3 cm³/mol. The van der Waals surface area contributed by atoms with E-state index in [4.69, 9.17) is 6.42 Å². The fourth-order valence-corrected chi connectivity index (χ4v) is 1.27. The second kappa shape index (κ2) is 5.52. The maximum atomic E-state index is 11.6. The highest BCUT2D eigenvalue weighted by Crippen LogP contribution is 2.07. The molecule has 15 heavy (non-hydrogen) atoms. The largest absolute Gasteiger partial charge is 0.347 e. The first-order chi connectivity index (χ1) is 7.13. The summed E-state index contributed by atoms with van der Waals surface area (Å²) in [6.45, 7) is 1.86. The van der Waals surface area contributed by atoms with Crippen molar-refractivity contribution in [3.05, 3.63) is 28.5 Å². The number of carbonyl (C=O) groups is 1. The minimum absolute atomic E-state index is 0.0343. The van der Waals surface area contributed by atoms with Gasteiger partial charge in [-0.2, -0.15) is 0 Å². The first kappa shape index (κ1) is 11.7. The highest BCUT2D eigenvalue weighted by molar-refractivity contribution is 9.10. The summed E-state index contributed by atoms with van der Waals surface area (Å²) >= 11 is 3.25. The van der Waals surface area contributed by atoms with E-state index in [0.29, 0.717) is 12.1 Å². The molecule has 1 atom stereocenters. The molecule has 0 radical (unpaired) electrons. The Labute approximate surface area is 97.4 Å². The fourth-order valence-electron chi connectivity index (χ4n) is 1.04. The molecular weight excluding hydrogens is 256 g/mol. The van der Waals surface area contributed by atoms with Crippen LogP contribution in [0.1, 0.15) is 23.8 Å². The summed E-state index contributed by atoms with van der Waals surface area (Å²) < 4.78 is 0.843. The predicted octanol–water partition coefficient (Wildman–Crippen LogP) is 1.99. The van der Waals surface area contributed by atoms with E-state index in [1.54, 1.807) is 18.3 Å². The summed E-state index contributed by atoms with van der Waals surface area (Å²) in [5.41, 5.74) is 0.391. The fraction of sp³-hybridized carbons (Fsp3) is 0.273. The average Bonchev–Trinajstić information content (AvgIpc) is 2.18. The van der Waals surface area contributed by atoms with E-state index >= 15 is 0 Å². The summed E-state index contributed by atoms with van der Waals surface area (Å²) in [5, 5.41) is 2.76. The molecular formula is C11H11BrN2O. The highest BCUT2D eigenvalue weighted by atomic mass is 79.9. The van der Waals surface area contributed by atoms with Gasteiger partial charge in [0.25, 0.3) is 5.91 Å². The molecule has 1 amide bonds. The molecule has 3 nitrogen and oxygen atoms in total. The maximum Gasteiger partial charge on any atom is 0.270 e. The Bertz CT molecular complexity index is 381. The van der Waals surface area contributed by atoms with Gasteiger partial charge in [0.1, 0.15) is 5.69 Å². The van der Waals surface area contributed by atoms with Crippen LogP contribution < -0.4 is 5.32 Å². The Hall–Kier alpha value is -1.34. The highest BCUT2D eigenvalue weighted by Gasteiger charge is 2.09. The molecule has 0 bridgehead atoms. The molecule has 1 aromatic heterocycles. The van der Waals surface area contributed by atoms with Crippen LogP contribution in [0.2, 0.25) is 0 Å². The first-order valence-electron chi connectivity index (χ1n) is 4.49. The van der Waals surface area contributed by atoms with Gasteiger partial charge in [-0.15, -0.1) is 12.3 Å². The summed E-state index contributed by atoms with van der Waals surface area (Å²) in [7, 11) is 0. The van der Waals surface area contributed by atoms with Gasteiger partial charge in [-0.05, 0) is 35.0 Å². The Morgan fingerprint density at radius 3 is 3.00 bits per heavy atom. The van der Waals surface area contributed by atoms with Crippen molar-refractivity contribution in [3.63, 3.8) is 0 Å². The number of terminal acetylenes is 1. The van der Waals surface area contributed by atoms with E-state index in [1.165, 1.54) is 0 Å². The van der Waals surface area contributed by atoms with Gasteiger partial charge in [0.05, 0.1) is 0 Å². The van der Waals surface area contributed by atoms with Gasteiger partial charge in [-0.3, -0.25) is 4.79 Å². The van der Waals surface area contributed by atoms with Crippen molar-refractivity contribution in [2.24, 2.45) is 0 Å². The summed E-state index contributed by atoms with van der Waals surface area (Å²) in [4.78, 5) is 15.6. The van der Waals surface area contributed by atoms with Crippen LogP contribution in [0.3, 0.4) is 0 Å². The number of nitrogens with zero attached hydrogens (tertiary/aromatic N) is 1. The molecule has 0 aliphatic rings. The molecule has 1 aromatic rings. The van der Waals surface area contributed by atoms with Gasteiger partial charge < -0.3 is 5.32 Å². The molecule has 0 spiro atoms. The minimum Gasteiger partial charge on any atom is -0.347 e. The van der Waals surface area contributed by atoms with Crippen molar-refractivity contribution in [3.8, 4) is 12.3 Å². The molecule has 78 valence electrons. The number of hydrogen-bond donors (Lipinski definition) is 1. The molecule has 1 N–H and O–H groups in total. The number of aromatic nitrogens is 1. The van der Waals surface area contributed by atoms with E-state index in [0.717, 1.165) is 4.47 Å². The Balaban J connectivity index is 2.62. The van der Waals surface area contributed by atoms with Gasteiger partial charge in [-0.1, -0.05) is 0 Å². The van der Waals surface area contributed by atoms with Crippen LogP contribution >= 0.6 is 15.9 Å². The van der Waals surface area contributed by atoms with Crippen LogP contribution in [0.4, 0.5) is 0 Å². The van der Waals surface area contributed by atoms with Gasteiger partial charge in [0, 0.05) is 23.1 Å². The van der Waals surface area contributed by atoms with E-state index in [-0.39, 0.29) is 11.9 Å². The number of pyridine rings is 1. The summed E-state index contributed by atoms with van der Waals surface area (Å²) in [6, 6.07) is 3.39. The maximum absolute atomic E-state index is 11.6. The standard InChI is InChI=1S/C11H11BrN2O/c1-3-4-8(2)14-11(15)10-6-5-9(12)7-13-10/h1,5-8H,4H2,2H3,(H,14,15). The quantitative estimate of drug-likeness (QED) is 0.851. The van der Waals surface area contributed by atoms with E-state index in [2.05, 4.69) is 32.2 Å². The first-order valence-corrected chi connectivity index (χ1v) is 5.28. The molecule has 1 rings (SSSR count). The smallest absolute Gasteiger partial charge is 0.270 e. The van der Waals surface area contributed by atoms with Gasteiger partial charge in [0.2, 0.25) is 0 Å². The Morgan fingerprint density at radius 2 is 2.47 bits per heavy atom. The summed E-state index contributed by atoms with van der Waals surface area (Å²) in [5.74, 6) is 2.29. The van der Waals surface area contributed by atoms with Crippen molar-refractivity contribution in [1.82, 2.24) is 10.3 Å². The third-order valence-electron chi connectivity index (χ3n) is 1.76. The normalized spacial score (nSPS) is 11.5. The lowest BCUT2D eigenvalue weighted by Gasteiger charge is -2.09. The molecule has 1 heterocycles. The van der Waals surface area contributed by atoms with Crippen molar-refractivity contribution in [2.75, 3.05) is 0 Å². The lowest BCUT2D eigenvalue weighted by Crippen LogP contribution is -2.32. The molecule has 0 fully saturated rings. The third-order valence-corrected chi connectivity index (χ3v) is 2.23. The molecule has 0 aromatic carbocycles.